The zero-order valence-corrected chi connectivity index (χ0v) is 11.5. The lowest BCUT2D eigenvalue weighted by molar-refractivity contribution is 0.415. The maximum absolute atomic E-state index is 5.28. The summed E-state index contributed by atoms with van der Waals surface area (Å²) in [6, 6.07) is 7.93. The zero-order chi connectivity index (χ0) is 13.9. The van der Waals surface area contributed by atoms with Crippen LogP contribution in [0.4, 0.5) is 11.5 Å². The van der Waals surface area contributed by atoms with Crippen molar-refractivity contribution in [1.82, 2.24) is 14.8 Å². The lowest BCUT2D eigenvalue weighted by Crippen LogP contribution is -1.95. The Hall–Kier alpha value is -2.56. The van der Waals surface area contributed by atoms with E-state index < -0.39 is 0 Å². The van der Waals surface area contributed by atoms with Crippen molar-refractivity contribution in [2.24, 2.45) is 0 Å². The van der Waals surface area contributed by atoms with Crippen LogP contribution in [-0.2, 0) is 6.54 Å². The molecule has 0 aliphatic carbocycles. The number of rotatable bonds is 4. The number of hydrogen-bond donors (Lipinski definition) is 1. The molecular formula is C15H16N4O. The van der Waals surface area contributed by atoms with Crippen LogP contribution < -0.4 is 10.1 Å². The van der Waals surface area contributed by atoms with Crippen LogP contribution in [0.1, 0.15) is 6.92 Å². The molecule has 0 aliphatic heterocycles. The summed E-state index contributed by atoms with van der Waals surface area (Å²) in [5, 5.41) is 9.69. The summed E-state index contributed by atoms with van der Waals surface area (Å²) in [5.74, 6) is 1.62. The van der Waals surface area contributed by atoms with Gasteiger partial charge in [-0.05, 0) is 30.5 Å². The molecule has 5 heteroatoms. The average Bonchev–Trinajstić information content (AvgIpc) is 2.95. The van der Waals surface area contributed by atoms with Crippen molar-refractivity contribution in [3.05, 3.63) is 42.9 Å². The number of anilines is 2. The quantitative estimate of drug-likeness (QED) is 0.789. The van der Waals surface area contributed by atoms with Crippen LogP contribution in [0.3, 0.4) is 0 Å². The Morgan fingerprint density at radius 3 is 2.95 bits per heavy atom. The van der Waals surface area contributed by atoms with Crippen molar-refractivity contribution in [1.29, 1.82) is 0 Å². The first kappa shape index (κ1) is 12.5. The Morgan fingerprint density at radius 2 is 2.20 bits per heavy atom. The topological polar surface area (TPSA) is 52.0 Å². The maximum atomic E-state index is 5.28. The molecule has 0 saturated carbocycles. The standard InChI is InChI=1S/C15H16N4O/c1-3-19-10-12(9-17-19)18-15-14-8-13(20-2)5-4-11(14)6-7-16-15/h4-10H,3H2,1-2H3,(H,16,18). The molecule has 0 radical (unpaired) electrons. The van der Waals surface area contributed by atoms with Gasteiger partial charge in [-0.25, -0.2) is 4.98 Å². The number of fused-ring (bicyclic) bond motifs is 1. The largest absolute Gasteiger partial charge is 0.497 e. The smallest absolute Gasteiger partial charge is 0.138 e. The van der Waals surface area contributed by atoms with Crippen molar-refractivity contribution in [2.75, 3.05) is 12.4 Å². The van der Waals surface area contributed by atoms with E-state index >= 15 is 0 Å². The summed E-state index contributed by atoms with van der Waals surface area (Å²) in [5.41, 5.74) is 0.926. The molecule has 20 heavy (non-hydrogen) atoms. The SMILES string of the molecule is CCn1cc(Nc2nccc3ccc(OC)cc23)cn1. The van der Waals surface area contributed by atoms with E-state index in [1.807, 2.05) is 35.1 Å². The van der Waals surface area contributed by atoms with E-state index in [1.165, 1.54) is 0 Å². The molecule has 1 N–H and O–H groups in total. The van der Waals surface area contributed by atoms with Gasteiger partial charge in [0.15, 0.2) is 0 Å². The molecule has 0 saturated heterocycles. The Kier molecular flexibility index (Phi) is 3.25. The summed E-state index contributed by atoms with van der Waals surface area (Å²) < 4.78 is 7.15. The number of benzene rings is 1. The monoisotopic (exact) mass is 268 g/mol. The molecule has 1 aromatic carbocycles. The van der Waals surface area contributed by atoms with Crippen molar-refractivity contribution < 1.29 is 4.74 Å². The maximum Gasteiger partial charge on any atom is 0.138 e. The van der Waals surface area contributed by atoms with Gasteiger partial charge in [-0.3, -0.25) is 4.68 Å². The molecule has 0 amide bonds. The fourth-order valence-electron chi connectivity index (χ4n) is 2.11. The van der Waals surface area contributed by atoms with E-state index in [4.69, 9.17) is 4.74 Å². The van der Waals surface area contributed by atoms with Crippen LogP contribution in [0.25, 0.3) is 10.8 Å². The Morgan fingerprint density at radius 1 is 1.30 bits per heavy atom. The minimum atomic E-state index is 0.803. The van der Waals surface area contributed by atoms with Crippen LogP contribution >= 0.6 is 0 Å². The zero-order valence-electron chi connectivity index (χ0n) is 11.5. The molecule has 0 atom stereocenters. The second-order valence-corrected chi connectivity index (χ2v) is 4.46. The number of aromatic nitrogens is 3. The van der Waals surface area contributed by atoms with Crippen LogP contribution in [0.2, 0.25) is 0 Å². The fraction of sp³-hybridized carbons (Fsp3) is 0.200. The Balaban J connectivity index is 2.01. The first-order chi connectivity index (χ1) is 9.80. The second kappa shape index (κ2) is 5.21. The third kappa shape index (κ3) is 2.30. The van der Waals surface area contributed by atoms with E-state index in [2.05, 4.69) is 22.3 Å². The molecule has 0 fully saturated rings. The first-order valence-electron chi connectivity index (χ1n) is 6.52. The minimum absolute atomic E-state index is 0.803. The number of nitrogens with one attached hydrogen (secondary N) is 1. The van der Waals surface area contributed by atoms with Crippen molar-refractivity contribution in [3.63, 3.8) is 0 Å². The summed E-state index contributed by atoms with van der Waals surface area (Å²) in [6.07, 6.45) is 5.55. The van der Waals surface area contributed by atoms with Gasteiger partial charge in [0, 0.05) is 24.3 Å². The summed E-state index contributed by atoms with van der Waals surface area (Å²) >= 11 is 0. The van der Waals surface area contributed by atoms with Gasteiger partial charge in [0.25, 0.3) is 0 Å². The van der Waals surface area contributed by atoms with Gasteiger partial charge in [-0.1, -0.05) is 6.07 Å². The van der Waals surface area contributed by atoms with Crippen LogP contribution in [-0.4, -0.2) is 21.9 Å². The van der Waals surface area contributed by atoms with Gasteiger partial charge in [0.05, 0.1) is 19.0 Å². The molecule has 102 valence electrons. The third-order valence-corrected chi connectivity index (χ3v) is 3.19. The number of hydrogen-bond acceptors (Lipinski definition) is 4. The second-order valence-electron chi connectivity index (χ2n) is 4.46. The van der Waals surface area contributed by atoms with Crippen molar-refractivity contribution in [2.45, 2.75) is 13.5 Å². The van der Waals surface area contributed by atoms with E-state index in [9.17, 15) is 0 Å². The highest BCUT2D eigenvalue weighted by atomic mass is 16.5. The molecule has 0 bridgehead atoms. The molecule has 0 aliphatic rings. The fourth-order valence-corrected chi connectivity index (χ4v) is 2.11. The number of aryl methyl sites for hydroxylation is 1. The van der Waals surface area contributed by atoms with Crippen molar-refractivity contribution in [3.8, 4) is 5.75 Å². The molecule has 0 spiro atoms. The summed E-state index contributed by atoms with van der Waals surface area (Å²) in [6.45, 7) is 2.90. The van der Waals surface area contributed by atoms with Crippen LogP contribution in [0, 0.1) is 0 Å². The molecule has 5 nitrogen and oxygen atoms in total. The lowest BCUT2D eigenvalue weighted by Gasteiger charge is -2.08. The molecule has 0 unspecified atom stereocenters. The third-order valence-electron chi connectivity index (χ3n) is 3.19. The molecular weight excluding hydrogens is 252 g/mol. The average molecular weight is 268 g/mol. The number of pyridine rings is 1. The van der Waals surface area contributed by atoms with E-state index in [-0.39, 0.29) is 0 Å². The summed E-state index contributed by atoms with van der Waals surface area (Å²) in [4.78, 5) is 4.41. The summed E-state index contributed by atoms with van der Waals surface area (Å²) in [7, 11) is 1.66. The molecule has 2 aromatic heterocycles. The lowest BCUT2D eigenvalue weighted by atomic mass is 10.1. The normalized spacial score (nSPS) is 10.7. The number of methoxy groups -OCH3 is 1. The Bertz CT molecular complexity index is 736. The first-order valence-corrected chi connectivity index (χ1v) is 6.52. The van der Waals surface area contributed by atoms with E-state index in [0.717, 1.165) is 34.6 Å². The van der Waals surface area contributed by atoms with Gasteiger partial charge < -0.3 is 10.1 Å². The highest BCUT2D eigenvalue weighted by Gasteiger charge is 2.05. The number of ether oxygens (including phenoxy) is 1. The van der Waals surface area contributed by atoms with Gasteiger partial charge in [0.1, 0.15) is 11.6 Å². The molecule has 3 aromatic rings. The minimum Gasteiger partial charge on any atom is -0.497 e. The highest BCUT2D eigenvalue weighted by molar-refractivity contribution is 5.94. The van der Waals surface area contributed by atoms with E-state index in [1.54, 1.807) is 19.5 Å². The van der Waals surface area contributed by atoms with Crippen LogP contribution in [0.15, 0.2) is 42.9 Å². The molecule has 2 heterocycles. The van der Waals surface area contributed by atoms with Gasteiger partial charge in [-0.2, -0.15) is 5.10 Å². The Labute approximate surface area is 117 Å². The van der Waals surface area contributed by atoms with Gasteiger partial charge in [-0.15, -0.1) is 0 Å². The molecule has 3 rings (SSSR count). The number of nitrogens with zero attached hydrogens (tertiary/aromatic N) is 3. The van der Waals surface area contributed by atoms with Crippen LogP contribution in [0.5, 0.6) is 5.75 Å². The van der Waals surface area contributed by atoms with Crippen molar-refractivity contribution >= 4 is 22.3 Å². The van der Waals surface area contributed by atoms with Gasteiger partial charge >= 0.3 is 0 Å². The highest BCUT2D eigenvalue weighted by Crippen LogP contribution is 2.27. The predicted octanol–water partition coefficient (Wildman–Crippen LogP) is 3.20. The van der Waals surface area contributed by atoms with Gasteiger partial charge in [0.2, 0.25) is 0 Å². The predicted molar refractivity (Wildman–Crippen MR) is 79.5 cm³/mol. The van der Waals surface area contributed by atoms with E-state index in [0.29, 0.717) is 0 Å².